The first-order valence-corrected chi connectivity index (χ1v) is 26.8. The number of fused-ring (bicyclic) bond motifs is 3. The van der Waals surface area contributed by atoms with Gasteiger partial charge in [0, 0.05) is 56.1 Å². The van der Waals surface area contributed by atoms with Gasteiger partial charge < -0.3 is 14.4 Å². The first-order valence-electron chi connectivity index (χ1n) is 26.8. The highest BCUT2D eigenvalue weighted by molar-refractivity contribution is 6.11. The number of nitriles is 3. The molecule has 0 N–H and O–H groups in total. The van der Waals surface area contributed by atoms with Gasteiger partial charge in [0.25, 0.3) is 0 Å². The van der Waals surface area contributed by atoms with Crippen molar-refractivity contribution in [3.05, 3.63) is 308 Å². The summed E-state index contributed by atoms with van der Waals surface area (Å²) < 4.78 is 2.38. The van der Waals surface area contributed by atoms with Gasteiger partial charge in [-0.15, -0.1) is 0 Å². The maximum absolute atomic E-state index is 9.84. The molecule has 0 aliphatic rings. The molecule has 0 unspecified atom stereocenters. The SMILES string of the molecule is N#Cc1cc(C#N)c(-c2ccc(-c3ccc(-c4ccc(N(c5ccccc5)c5ccc(-c6ccc7c(c6)c6cc(-c8ccc(N(c9ccccc9)c9ccccc9)cc8)ccc6n7-c6ccccc6)cc5)cc4)cc3)cc2)c(C#N)c1. The van der Waals surface area contributed by atoms with E-state index in [0.29, 0.717) is 16.7 Å². The molecule has 0 saturated carbocycles. The maximum Gasteiger partial charge on any atom is 0.0999 e. The van der Waals surface area contributed by atoms with Crippen molar-refractivity contribution < 1.29 is 0 Å². The molecule has 0 aliphatic heterocycles. The van der Waals surface area contributed by atoms with Crippen LogP contribution in [0.4, 0.5) is 34.1 Å². The van der Waals surface area contributed by atoms with E-state index in [0.717, 1.165) is 101 Å². The van der Waals surface area contributed by atoms with Crippen LogP contribution in [0.2, 0.25) is 0 Å². The molecule has 6 heteroatoms. The van der Waals surface area contributed by atoms with Crippen molar-refractivity contribution in [2.75, 3.05) is 9.80 Å². The van der Waals surface area contributed by atoms with Crippen LogP contribution in [0.3, 0.4) is 0 Å². The Morgan fingerprint density at radius 2 is 0.543 bits per heavy atom. The minimum atomic E-state index is 0.289. The smallest absolute Gasteiger partial charge is 0.0999 e. The molecule has 0 bridgehead atoms. The Kier molecular flexibility index (Phi) is 13.0. The van der Waals surface area contributed by atoms with E-state index in [9.17, 15) is 15.8 Å². The lowest BCUT2D eigenvalue weighted by Gasteiger charge is -2.26. The number of nitrogens with zero attached hydrogens (tertiary/aromatic N) is 6. The van der Waals surface area contributed by atoms with E-state index in [4.69, 9.17) is 0 Å². The summed E-state index contributed by atoms with van der Waals surface area (Å²) >= 11 is 0. The van der Waals surface area contributed by atoms with Crippen LogP contribution in [0, 0.1) is 34.0 Å². The largest absolute Gasteiger partial charge is 0.311 e. The Bertz CT molecular complexity index is 4460. The Morgan fingerprint density at radius 3 is 0.877 bits per heavy atom. The third-order valence-electron chi connectivity index (χ3n) is 15.1. The van der Waals surface area contributed by atoms with E-state index in [-0.39, 0.29) is 5.56 Å². The number of aromatic nitrogens is 1. The van der Waals surface area contributed by atoms with Gasteiger partial charge in [0.1, 0.15) is 0 Å². The van der Waals surface area contributed by atoms with Gasteiger partial charge in [0.2, 0.25) is 0 Å². The second-order valence-corrected chi connectivity index (χ2v) is 19.9. The number of anilines is 6. The third-order valence-corrected chi connectivity index (χ3v) is 15.1. The molecule has 13 rings (SSSR count). The predicted octanol–water partition coefficient (Wildman–Crippen LogP) is 19.7. The standard InChI is InChI=1S/C75H48N6/c76-49-52-45-62(50-77)75(63(46-52)51-78)59-27-25-55(26-28-59)53-21-23-54(24-22-53)56-29-37-69(38-30-56)80(66-17-9-3-10-18-66)70-41-33-58(34-42-70)61-36-44-74-72(48-61)71-47-60(35-43-73(71)81(74)67-19-11-4-12-20-67)57-31-39-68(40-32-57)79(64-13-5-1-6-14-64)65-15-7-2-8-16-65/h1-48H. The van der Waals surface area contributed by atoms with Gasteiger partial charge >= 0.3 is 0 Å². The van der Waals surface area contributed by atoms with Crippen molar-refractivity contribution in [1.29, 1.82) is 15.8 Å². The fraction of sp³-hybridized carbons (Fsp3) is 0. The van der Waals surface area contributed by atoms with E-state index < -0.39 is 0 Å². The zero-order valence-electron chi connectivity index (χ0n) is 43.9. The van der Waals surface area contributed by atoms with Crippen LogP contribution in [0.1, 0.15) is 16.7 Å². The van der Waals surface area contributed by atoms with Crippen LogP contribution in [-0.2, 0) is 0 Å². The molecule has 0 saturated heterocycles. The number of para-hydroxylation sites is 4. The summed E-state index contributed by atoms with van der Waals surface area (Å²) in [5.41, 5.74) is 20.9. The fourth-order valence-corrected chi connectivity index (χ4v) is 11.2. The Labute approximate surface area is 471 Å². The summed E-state index contributed by atoms with van der Waals surface area (Å²) in [5, 5.41) is 31.5. The molecule has 378 valence electrons. The van der Waals surface area contributed by atoms with Crippen molar-refractivity contribution in [3.63, 3.8) is 0 Å². The molecular weight excluding hydrogens is 985 g/mol. The average Bonchev–Trinajstić information content (AvgIpc) is 4.04. The minimum absolute atomic E-state index is 0.289. The van der Waals surface area contributed by atoms with Crippen LogP contribution in [0.15, 0.2) is 291 Å². The van der Waals surface area contributed by atoms with E-state index in [1.807, 2.05) is 36.4 Å². The summed E-state index contributed by atoms with van der Waals surface area (Å²) in [4.78, 5) is 4.59. The third kappa shape index (κ3) is 9.51. The van der Waals surface area contributed by atoms with E-state index in [2.05, 4.69) is 275 Å². The summed E-state index contributed by atoms with van der Waals surface area (Å²) in [6.45, 7) is 0. The lowest BCUT2D eigenvalue weighted by atomic mass is 9.92. The zero-order valence-corrected chi connectivity index (χ0v) is 43.9. The number of hydrogen-bond donors (Lipinski definition) is 0. The van der Waals surface area contributed by atoms with Crippen LogP contribution in [-0.4, -0.2) is 4.57 Å². The monoisotopic (exact) mass is 1030 g/mol. The van der Waals surface area contributed by atoms with Gasteiger partial charge in [-0.1, -0.05) is 170 Å². The van der Waals surface area contributed by atoms with Crippen LogP contribution in [0.5, 0.6) is 0 Å². The molecule has 6 nitrogen and oxygen atoms in total. The highest BCUT2D eigenvalue weighted by Gasteiger charge is 2.19. The van der Waals surface area contributed by atoms with Gasteiger partial charge in [-0.3, -0.25) is 0 Å². The van der Waals surface area contributed by atoms with E-state index >= 15 is 0 Å². The molecular formula is C75H48N6. The van der Waals surface area contributed by atoms with Gasteiger partial charge in [-0.2, -0.15) is 15.8 Å². The van der Waals surface area contributed by atoms with Crippen LogP contribution in [0.25, 0.3) is 83.1 Å². The normalized spacial score (nSPS) is 10.9. The first-order chi connectivity index (χ1) is 40.0. The van der Waals surface area contributed by atoms with Crippen LogP contribution >= 0.6 is 0 Å². The highest BCUT2D eigenvalue weighted by atomic mass is 15.1. The summed E-state index contributed by atoms with van der Waals surface area (Å²) in [6.07, 6.45) is 0. The highest BCUT2D eigenvalue weighted by Crippen LogP contribution is 2.42. The van der Waals surface area contributed by atoms with Gasteiger partial charge in [-0.25, -0.2) is 0 Å². The number of benzene rings is 12. The van der Waals surface area contributed by atoms with Gasteiger partial charge in [-0.05, 0) is 171 Å². The van der Waals surface area contributed by atoms with Crippen molar-refractivity contribution in [3.8, 4) is 79.5 Å². The molecule has 1 heterocycles. The second-order valence-electron chi connectivity index (χ2n) is 19.9. The summed E-state index contributed by atoms with van der Waals surface area (Å²) in [7, 11) is 0. The van der Waals surface area contributed by atoms with Crippen molar-refractivity contribution >= 4 is 55.9 Å². The predicted molar refractivity (Wildman–Crippen MR) is 331 cm³/mol. The minimum Gasteiger partial charge on any atom is -0.311 e. The molecule has 0 spiro atoms. The molecule has 0 amide bonds. The first kappa shape index (κ1) is 49.1. The molecule has 0 radical (unpaired) electrons. The lowest BCUT2D eigenvalue weighted by molar-refractivity contribution is 1.18. The van der Waals surface area contributed by atoms with Gasteiger partial charge in [0.05, 0.1) is 45.9 Å². The topological polar surface area (TPSA) is 82.8 Å². The zero-order chi connectivity index (χ0) is 54.7. The Balaban J connectivity index is 0.786. The molecule has 0 aliphatic carbocycles. The Hall–Kier alpha value is -11.5. The van der Waals surface area contributed by atoms with Crippen molar-refractivity contribution in [1.82, 2.24) is 4.57 Å². The summed E-state index contributed by atoms with van der Waals surface area (Å²) in [5.74, 6) is 0. The molecule has 0 atom stereocenters. The maximum atomic E-state index is 9.84. The second kappa shape index (κ2) is 21.5. The van der Waals surface area contributed by atoms with Crippen LogP contribution < -0.4 is 9.80 Å². The quantitative estimate of drug-likeness (QED) is 0.122. The summed E-state index contributed by atoms with van der Waals surface area (Å²) in [6, 6.07) is 108. The van der Waals surface area contributed by atoms with E-state index in [1.54, 1.807) is 0 Å². The molecule has 0 fully saturated rings. The number of hydrogen-bond acceptors (Lipinski definition) is 5. The molecule has 1 aromatic heterocycles. The molecule has 13 aromatic rings. The van der Waals surface area contributed by atoms with E-state index in [1.165, 1.54) is 22.9 Å². The van der Waals surface area contributed by atoms with Crippen molar-refractivity contribution in [2.45, 2.75) is 0 Å². The fourth-order valence-electron chi connectivity index (χ4n) is 11.2. The van der Waals surface area contributed by atoms with Gasteiger partial charge in [0.15, 0.2) is 0 Å². The van der Waals surface area contributed by atoms with Crippen molar-refractivity contribution in [2.24, 2.45) is 0 Å². The molecule has 12 aromatic carbocycles. The number of rotatable bonds is 12. The molecule has 81 heavy (non-hydrogen) atoms. The Morgan fingerprint density at radius 1 is 0.259 bits per heavy atom. The average molecular weight is 1030 g/mol. The lowest BCUT2D eigenvalue weighted by Crippen LogP contribution is -2.09.